The second-order valence-electron chi connectivity index (χ2n) is 10.5. The highest BCUT2D eigenvalue weighted by molar-refractivity contribution is 5.69. The Morgan fingerprint density at radius 1 is 0.500 bits per heavy atom. The highest BCUT2D eigenvalue weighted by Gasteiger charge is 2.18. The summed E-state index contributed by atoms with van der Waals surface area (Å²) in [6.45, 7) is 3.04. The highest BCUT2D eigenvalue weighted by Crippen LogP contribution is 2.10. The number of nitrogens with two attached hydrogens (primary N) is 1. The Kier molecular flexibility index (Phi) is 15.9. The summed E-state index contributed by atoms with van der Waals surface area (Å²) in [5.74, 6) is -0.260. The minimum Gasteiger partial charge on any atom is -0.461 e. The highest BCUT2D eigenvalue weighted by atomic mass is 16.6. The maximum absolute atomic E-state index is 13.0. The lowest BCUT2D eigenvalue weighted by molar-refractivity contribution is -0.145. The molecule has 0 fully saturated rings. The molecule has 0 saturated heterocycles. The number of benzene rings is 3. The van der Waals surface area contributed by atoms with E-state index < -0.39 is 6.09 Å². The molecule has 0 atom stereocenters. The van der Waals surface area contributed by atoms with Crippen LogP contribution >= 0.6 is 0 Å². The first kappa shape index (κ1) is 34.1. The zero-order valence-corrected chi connectivity index (χ0v) is 25.5. The zero-order chi connectivity index (χ0) is 31.2. The summed E-state index contributed by atoms with van der Waals surface area (Å²) in [5.41, 5.74) is 8.47. The van der Waals surface area contributed by atoms with Crippen molar-refractivity contribution in [1.29, 1.82) is 0 Å². The third kappa shape index (κ3) is 13.7. The van der Waals surface area contributed by atoms with Crippen LogP contribution in [-0.2, 0) is 38.8 Å². The molecule has 0 unspecified atom stereocenters. The van der Waals surface area contributed by atoms with E-state index in [4.69, 9.17) is 19.9 Å². The Labute approximate surface area is 260 Å². The summed E-state index contributed by atoms with van der Waals surface area (Å²) in [4.78, 5) is 41.4. The predicted molar refractivity (Wildman–Crippen MR) is 169 cm³/mol. The van der Waals surface area contributed by atoms with Crippen molar-refractivity contribution in [3.8, 4) is 0 Å². The van der Waals surface area contributed by atoms with Crippen LogP contribution in [0.2, 0.25) is 0 Å². The number of hydrogen-bond acceptors (Lipinski definition) is 7. The van der Waals surface area contributed by atoms with Crippen molar-refractivity contribution >= 4 is 18.2 Å². The molecule has 0 aromatic heterocycles. The molecule has 44 heavy (non-hydrogen) atoms. The molecule has 0 aliphatic carbocycles. The van der Waals surface area contributed by atoms with Crippen LogP contribution in [0, 0.1) is 0 Å². The fourth-order valence-corrected chi connectivity index (χ4v) is 4.48. The van der Waals surface area contributed by atoms with Gasteiger partial charge in [0.05, 0.1) is 0 Å². The van der Waals surface area contributed by atoms with Crippen LogP contribution in [0.15, 0.2) is 91.0 Å². The van der Waals surface area contributed by atoms with Crippen LogP contribution in [-0.4, -0.2) is 60.7 Å². The van der Waals surface area contributed by atoms with Gasteiger partial charge in [0.2, 0.25) is 0 Å². The smallest absolute Gasteiger partial charge is 0.410 e. The van der Waals surface area contributed by atoms with E-state index in [1.54, 1.807) is 9.80 Å². The van der Waals surface area contributed by atoms with E-state index in [9.17, 15) is 14.4 Å². The van der Waals surface area contributed by atoms with Crippen molar-refractivity contribution in [3.05, 3.63) is 108 Å². The Bertz CT molecular complexity index is 1230. The van der Waals surface area contributed by atoms with Gasteiger partial charge in [-0.25, -0.2) is 9.59 Å². The molecule has 3 aromatic rings. The molecule has 0 heterocycles. The molecule has 0 spiro atoms. The first-order valence-electron chi connectivity index (χ1n) is 15.4. The van der Waals surface area contributed by atoms with Gasteiger partial charge >= 0.3 is 18.2 Å². The number of rotatable bonds is 19. The number of amides is 2. The Morgan fingerprint density at radius 2 is 0.864 bits per heavy atom. The standard InChI is InChI=1S/C35H45N3O6/c36-22-14-26-38(35(41)44-29-32-19-8-3-9-20-32)25-13-12-24-37(34(40)43-28-31-17-6-2-7-18-31)23-11-10-21-33(39)42-27-30-15-4-1-5-16-30/h1-9,15-20H,10-14,21-29,36H2. The van der Waals surface area contributed by atoms with Crippen molar-refractivity contribution in [2.45, 2.75) is 58.3 Å². The van der Waals surface area contributed by atoms with Crippen LogP contribution in [0.3, 0.4) is 0 Å². The summed E-state index contributed by atoms with van der Waals surface area (Å²) >= 11 is 0. The van der Waals surface area contributed by atoms with E-state index in [0.29, 0.717) is 64.8 Å². The van der Waals surface area contributed by atoms with Gasteiger partial charge in [0.1, 0.15) is 19.8 Å². The average molecular weight is 604 g/mol. The first-order valence-corrected chi connectivity index (χ1v) is 15.4. The molecule has 3 rings (SSSR count). The molecule has 0 saturated carbocycles. The average Bonchev–Trinajstić information content (AvgIpc) is 3.07. The van der Waals surface area contributed by atoms with Gasteiger partial charge in [-0.05, 0) is 55.3 Å². The lowest BCUT2D eigenvalue weighted by Gasteiger charge is -2.24. The van der Waals surface area contributed by atoms with Crippen molar-refractivity contribution in [2.75, 3.05) is 32.7 Å². The van der Waals surface area contributed by atoms with Crippen LogP contribution in [0.25, 0.3) is 0 Å². The summed E-state index contributed by atoms with van der Waals surface area (Å²) < 4.78 is 16.5. The molecular formula is C35H45N3O6. The normalized spacial score (nSPS) is 10.6. The summed E-state index contributed by atoms with van der Waals surface area (Å²) in [5, 5.41) is 0. The fourth-order valence-electron chi connectivity index (χ4n) is 4.48. The van der Waals surface area contributed by atoms with Gasteiger partial charge in [-0.2, -0.15) is 0 Å². The van der Waals surface area contributed by atoms with Crippen LogP contribution < -0.4 is 5.73 Å². The lowest BCUT2D eigenvalue weighted by atomic mass is 10.2. The monoisotopic (exact) mass is 603 g/mol. The van der Waals surface area contributed by atoms with Gasteiger partial charge in [-0.3, -0.25) is 4.79 Å². The number of nitrogens with zero attached hydrogens (tertiary/aromatic N) is 2. The van der Waals surface area contributed by atoms with Crippen molar-refractivity contribution in [2.24, 2.45) is 5.73 Å². The molecule has 2 amide bonds. The summed E-state index contributed by atoms with van der Waals surface area (Å²) in [7, 11) is 0. The second kappa shape index (κ2) is 20.5. The van der Waals surface area contributed by atoms with Gasteiger partial charge in [-0.1, -0.05) is 91.0 Å². The minimum absolute atomic E-state index is 0.183. The zero-order valence-electron chi connectivity index (χ0n) is 25.5. The number of carbonyl (C=O) groups excluding carboxylic acids is 3. The molecular weight excluding hydrogens is 558 g/mol. The number of esters is 1. The van der Waals surface area contributed by atoms with Gasteiger partial charge < -0.3 is 29.7 Å². The Balaban J connectivity index is 1.45. The second-order valence-corrected chi connectivity index (χ2v) is 10.5. The van der Waals surface area contributed by atoms with Gasteiger partial charge in [0, 0.05) is 32.6 Å². The van der Waals surface area contributed by atoms with Crippen molar-refractivity contribution < 1.29 is 28.6 Å². The van der Waals surface area contributed by atoms with E-state index in [0.717, 1.165) is 16.7 Å². The fraction of sp³-hybridized carbons (Fsp3) is 0.400. The topological polar surface area (TPSA) is 111 Å². The van der Waals surface area contributed by atoms with Gasteiger partial charge in [0.15, 0.2) is 0 Å². The molecule has 0 radical (unpaired) electrons. The summed E-state index contributed by atoms with van der Waals surface area (Å²) in [6, 6.07) is 28.6. The van der Waals surface area contributed by atoms with E-state index >= 15 is 0 Å². The molecule has 3 aromatic carbocycles. The molecule has 236 valence electrons. The quantitative estimate of drug-likeness (QED) is 0.0971. The molecule has 0 aliphatic rings. The summed E-state index contributed by atoms with van der Waals surface area (Å²) in [6.07, 6.45) is 2.76. The van der Waals surface area contributed by atoms with Crippen molar-refractivity contribution in [3.63, 3.8) is 0 Å². The minimum atomic E-state index is -0.400. The SMILES string of the molecule is NCCCN(CCCCN(CCCCC(=O)OCc1ccccc1)C(=O)OCc1ccccc1)C(=O)OCc1ccccc1. The van der Waals surface area contributed by atoms with Gasteiger partial charge in [-0.15, -0.1) is 0 Å². The van der Waals surface area contributed by atoms with Crippen LogP contribution in [0.1, 0.15) is 55.2 Å². The lowest BCUT2D eigenvalue weighted by Crippen LogP contribution is -2.36. The molecule has 0 bridgehead atoms. The first-order chi connectivity index (χ1) is 21.5. The molecule has 0 aliphatic heterocycles. The van der Waals surface area contributed by atoms with E-state index in [-0.39, 0.29) is 38.3 Å². The Hall–Kier alpha value is -4.37. The number of hydrogen-bond donors (Lipinski definition) is 1. The van der Waals surface area contributed by atoms with E-state index in [2.05, 4.69) is 0 Å². The molecule has 9 heteroatoms. The third-order valence-electron chi connectivity index (χ3n) is 6.97. The Morgan fingerprint density at radius 3 is 1.27 bits per heavy atom. The number of ether oxygens (including phenoxy) is 3. The largest absolute Gasteiger partial charge is 0.461 e. The maximum Gasteiger partial charge on any atom is 0.410 e. The predicted octanol–water partition coefficient (Wildman–Crippen LogP) is 6.31. The van der Waals surface area contributed by atoms with E-state index in [1.807, 2.05) is 91.0 Å². The van der Waals surface area contributed by atoms with Gasteiger partial charge in [0.25, 0.3) is 0 Å². The van der Waals surface area contributed by atoms with Crippen LogP contribution in [0.5, 0.6) is 0 Å². The number of unbranched alkanes of at least 4 members (excludes halogenated alkanes) is 2. The molecule has 2 N–H and O–H groups in total. The third-order valence-corrected chi connectivity index (χ3v) is 6.97. The molecule has 9 nitrogen and oxygen atoms in total. The van der Waals surface area contributed by atoms with Crippen molar-refractivity contribution in [1.82, 2.24) is 9.80 Å². The maximum atomic E-state index is 13.0. The van der Waals surface area contributed by atoms with E-state index in [1.165, 1.54) is 0 Å². The number of carbonyl (C=O) groups is 3. The van der Waals surface area contributed by atoms with Crippen LogP contribution in [0.4, 0.5) is 9.59 Å².